The summed E-state index contributed by atoms with van der Waals surface area (Å²) in [6, 6.07) is 6.70. The van der Waals surface area contributed by atoms with Gasteiger partial charge in [-0.25, -0.2) is 14.0 Å². The van der Waals surface area contributed by atoms with Crippen LogP contribution in [0.2, 0.25) is 0 Å². The Kier molecular flexibility index (Phi) is 8.62. The number of carbonyl (C=O) groups is 4. The maximum atomic E-state index is 13.3. The van der Waals surface area contributed by atoms with Crippen molar-refractivity contribution in [3.63, 3.8) is 0 Å². The van der Waals surface area contributed by atoms with Crippen molar-refractivity contribution in [2.45, 2.75) is 23.0 Å². The van der Waals surface area contributed by atoms with Crippen LogP contribution in [-0.4, -0.2) is 96.3 Å². The van der Waals surface area contributed by atoms with Crippen LogP contribution < -0.4 is 21.6 Å². The van der Waals surface area contributed by atoms with Gasteiger partial charge in [0.1, 0.15) is 34.5 Å². The van der Waals surface area contributed by atoms with Gasteiger partial charge in [0.25, 0.3) is 11.8 Å². The van der Waals surface area contributed by atoms with Gasteiger partial charge in [-0.1, -0.05) is 5.16 Å². The number of halogens is 1. The van der Waals surface area contributed by atoms with Crippen molar-refractivity contribution in [3.8, 4) is 5.75 Å². The number of thioether (sulfide) groups is 2. The summed E-state index contributed by atoms with van der Waals surface area (Å²) in [5.74, 6) is -4.49. The van der Waals surface area contributed by atoms with Gasteiger partial charge in [0.15, 0.2) is 16.5 Å². The van der Waals surface area contributed by atoms with Crippen LogP contribution >= 0.6 is 35.1 Å². The summed E-state index contributed by atoms with van der Waals surface area (Å²) >= 11 is 3.12. The maximum absolute atomic E-state index is 13.3. The van der Waals surface area contributed by atoms with Crippen molar-refractivity contribution in [1.82, 2.24) is 39.0 Å². The van der Waals surface area contributed by atoms with Gasteiger partial charge < -0.3 is 26.1 Å². The number of aliphatic carboxylic acids is 2. The number of benzene rings is 1. The van der Waals surface area contributed by atoms with Crippen LogP contribution in [0.25, 0.3) is 5.65 Å². The second-order valence-electron chi connectivity index (χ2n) is 9.62. The molecule has 2 atom stereocenters. The van der Waals surface area contributed by atoms with E-state index < -0.39 is 58.9 Å². The largest absolute Gasteiger partial charge is 0.480 e. The standard InChI is InChI=1S/C25H19FN10O8S3/c26-11-1-3-12(4-2-11)44-32-16(19-29-24(27)47-33-19)20(39)28-17-21(40)35-18(23(41)42)10(9-46-22(17)35)8-45-14-6-5-13-30-34(7-15(37)38)25(43)36(13)31-14/h1-6,17,22H,7-9H2,(H,28,39)(H,37,38)(H,41,42)(H2,27,29,33)/t17?,22-/m1/s1. The first kappa shape index (κ1) is 31.6. The van der Waals surface area contributed by atoms with Crippen LogP contribution in [-0.2, 0) is 25.7 Å². The predicted molar refractivity (Wildman–Crippen MR) is 163 cm³/mol. The average Bonchev–Trinajstić information content (AvgIpc) is 3.60. The van der Waals surface area contributed by atoms with Gasteiger partial charge in [0.05, 0.1) is 0 Å². The van der Waals surface area contributed by atoms with Crippen molar-refractivity contribution in [1.29, 1.82) is 0 Å². The van der Waals surface area contributed by atoms with Crippen molar-refractivity contribution >= 4 is 75.3 Å². The number of β-lactam (4-membered cyclic amide) rings is 1. The summed E-state index contributed by atoms with van der Waals surface area (Å²) in [5, 5.41) is 33.0. The normalized spacial score (nSPS) is 17.8. The summed E-state index contributed by atoms with van der Waals surface area (Å²) in [7, 11) is 0. The van der Waals surface area contributed by atoms with E-state index in [1.54, 1.807) is 6.07 Å². The zero-order chi connectivity index (χ0) is 33.4. The van der Waals surface area contributed by atoms with E-state index in [0.717, 1.165) is 49.5 Å². The van der Waals surface area contributed by atoms with Crippen molar-refractivity contribution < 1.29 is 38.6 Å². The Labute approximate surface area is 273 Å². The number of oxime groups is 1. The Balaban J connectivity index is 1.17. The fourth-order valence-corrected chi connectivity index (χ4v) is 7.25. The molecule has 1 unspecified atom stereocenters. The van der Waals surface area contributed by atoms with E-state index in [1.165, 1.54) is 30.0 Å². The van der Waals surface area contributed by atoms with Crippen LogP contribution in [0.1, 0.15) is 5.82 Å². The number of hydrogen-bond donors (Lipinski definition) is 4. The number of aromatic nitrogens is 6. The minimum absolute atomic E-state index is 0.0353. The molecule has 0 saturated carbocycles. The minimum atomic E-state index is -1.35. The van der Waals surface area contributed by atoms with Crippen molar-refractivity contribution in [2.75, 3.05) is 17.2 Å². The quantitative estimate of drug-likeness (QED) is 0.0687. The van der Waals surface area contributed by atoms with Crippen LogP contribution in [0.3, 0.4) is 0 Å². The van der Waals surface area contributed by atoms with E-state index in [1.807, 2.05) is 0 Å². The SMILES string of the molecule is Nc1nc(C(=NOc2ccc(F)cc2)C(=O)NC2C(=O)N3C(C(=O)O)=C(CSc4ccc5nn(CC(=O)O)c(=O)n5n4)CS[C@H]23)ns1. The number of hydrogen-bond acceptors (Lipinski definition) is 15. The number of amides is 2. The third-order valence-corrected chi connectivity index (χ3v) is 9.44. The molecule has 0 radical (unpaired) electrons. The smallest absolute Gasteiger partial charge is 0.367 e. The first-order valence-corrected chi connectivity index (χ1v) is 15.9. The van der Waals surface area contributed by atoms with Gasteiger partial charge in [-0.15, -0.1) is 28.6 Å². The molecule has 1 saturated heterocycles. The summed E-state index contributed by atoms with van der Waals surface area (Å²) < 4.78 is 18.9. The number of carboxylic acids is 2. The highest BCUT2D eigenvalue weighted by Gasteiger charge is 2.54. The third-order valence-electron chi connectivity index (χ3n) is 6.56. The van der Waals surface area contributed by atoms with E-state index in [9.17, 15) is 33.5 Å². The van der Waals surface area contributed by atoms with Gasteiger partial charge in [0, 0.05) is 23.0 Å². The number of anilines is 1. The van der Waals surface area contributed by atoms with Gasteiger partial charge in [0.2, 0.25) is 11.5 Å². The molecule has 2 aliphatic heterocycles. The van der Waals surface area contributed by atoms with Gasteiger partial charge in [-0.05, 0) is 42.0 Å². The fourth-order valence-electron chi connectivity index (χ4n) is 4.47. The number of fused-ring (bicyclic) bond motifs is 2. The molecule has 2 aliphatic rings. The number of nitrogens with one attached hydrogen (secondary N) is 1. The highest BCUT2D eigenvalue weighted by atomic mass is 32.2. The molecule has 0 bridgehead atoms. The number of nitrogen functional groups attached to an aromatic ring is 1. The molecule has 3 aromatic heterocycles. The van der Waals surface area contributed by atoms with E-state index in [-0.39, 0.29) is 39.6 Å². The second-order valence-corrected chi connectivity index (χ2v) is 12.5. The van der Waals surface area contributed by atoms with Crippen molar-refractivity contribution in [3.05, 3.63) is 69.8 Å². The molecular formula is C25H19FN10O8S3. The van der Waals surface area contributed by atoms with Gasteiger partial charge in [-0.3, -0.25) is 19.3 Å². The Hall–Kier alpha value is -5.35. The molecule has 18 nitrogen and oxygen atoms in total. The molecule has 47 heavy (non-hydrogen) atoms. The highest BCUT2D eigenvalue weighted by Crippen LogP contribution is 2.41. The van der Waals surface area contributed by atoms with Gasteiger partial charge >= 0.3 is 17.6 Å². The molecule has 2 amide bonds. The van der Waals surface area contributed by atoms with E-state index >= 15 is 0 Å². The number of carbonyl (C=O) groups excluding carboxylic acids is 2. The molecule has 0 spiro atoms. The van der Waals surface area contributed by atoms with E-state index in [4.69, 9.17) is 15.7 Å². The monoisotopic (exact) mass is 702 g/mol. The Bertz CT molecular complexity index is 2060. The summed E-state index contributed by atoms with van der Waals surface area (Å²) in [6.45, 7) is -0.641. The van der Waals surface area contributed by atoms with E-state index in [2.05, 4.69) is 30.0 Å². The predicted octanol–water partition coefficient (Wildman–Crippen LogP) is -0.138. The van der Waals surface area contributed by atoms with Crippen molar-refractivity contribution in [2.24, 2.45) is 5.16 Å². The van der Waals surface area contributed by atoms with Gasteiger partial charge in [-0.2, -0.15) is 23.7 Å². The lowest BCUT2D eigenvalue weighted by Gasteiger charge is -2.49. The second kappa shape index (κ2) is 12.8. The molecule has 6 rings (SSSR count). The Morgan fingerprint density at radius 2 is 1.91 bits per heavy atom. The maximum Gasteiger partial charge on any atom is 0.367 e. The highest BCUT2D eigenvalue weighted by molar-refractivity contribution is 8.01. The molecule has 1 aromatic carbocycles. The van der Waals surface area contributed by atoms with Crippen LogP contribution in [0.5, 0.6) is 5.75 Å². The topological polar surface area (TPSA) is 250 Å². The fraction of sp³-hybridized carbons (Fsp3) is 0.200. The Morgan fingerprint density at radius 3 is 2.60 bits per heavy atom. The van der Waals surface area contributed by atoms with Crippen LogP contribution in [0.4, 0.5) is 9.52 Å². The zero-order valence-corrected chi connectivity index (χ0v) is 25.8. The minimum Gasteiger partial charge on any atom is -0.480 e. The third kappa shape index (κ3) is 6.37. The molecule has 1 fully saturated rings. The first-order chi connectivity index (χ1) is 22.5. The molecule has 5 N–H and O–H groups in total. The zero-order valence-electron chi connectivity index (χ0n) is 23.3. The number of carboxylic acid groups (broad SMARTS) is 2. The number of nitrogens with zero attached hydrogens (tertiary/aromatic N) is 8. The number of rotatable bonds is 11. The molecule has 5 heterocycles. The lowest BCUT2D eigenvalue weighted by Crippen LogP contribution is -2.71. The molecule has 4 aromatic rings. The number of nitrogens with two attached hydrogens (primary N) is 1. The summed E-state index contributed by atoms with van der Waals surface area (Å²) in [4.78, 5) is 72.6. The Morgan fingerprint density at radius 1 is 1.15 bits per heavy atom. The molecule has 22 heteroatoms. The van der Waals surface area contributed by atoms with Crippen LogP contribution in [0.15, 0.2) is 62.6 Å². The summed E-state index contributed by atoms with van der Waals surface area (Å²) in [6.07, 6.45) is 0. The molecule has 242 valence electrons. The lowest BCUT2D eigenvalue weighted by molar-refractivity contribution is -0.150. The molecular weight excluding hydrogens is 684 g/mol. The molecule has 0 aliphatic carbocycles. The first-order valence-electron chi connectivity index (χ1n) is 13.1. The lowest BCUT2D eigenvalue weighted by atomic mass is 10.0. The van der Waals surface area contributed by atoms with E-state index in [0.29, 0.717) is 10.6 Å². The summed E-state index contributed by atoms with van der Waals surface area (Å²) in [5.41, 5.74) is 4.77. The average molecular weight is 703 g/mol. The van der Waals surface area contributed by atoms with Crippen LogP contribution in [0, 0.1) is 5.82 Å².